The van der Waals surface area contributed by atoms with Crippen LogP contribution in [0.15, 0.2) is 18.2 Å². The standard InChI is InChI=1S/C16H26N2/c1-11(2)13-8-6-7-12(3)16(13)18-15-10-5-4-9-14(15)17/h6-8,11,14-15,18H,4-5,9-10,17H2,1-3H3. The summed E-state index contributed by atoms with van der Waals surface area (Å²) in [6, 6.07) is 7.31. The zero-order chi connectivity index (χ0) is 13.1. The molecule has 2 atom stereocenters. The van der Waals surface area contributed by atoms with Crippen molar-refractivity contribution in [1.82, 2.24) is 0 Å². The van der Waals surface area contributed by atoms with Crippen molar-refractivity contribution in [2.75, 3.05) is 5.32 Å². The van der Waals surface area contributed by atoms with Crippen molar-refractivity contribution in [1.29, 1.82) is 0 Å². The van der Waals surface area contributed by atoms with Gasteiger partial charge in [0.05, 0.1) is 0 Å². The number of rotatable bonds is 3. The smallest absolute Gasteiger partial charge is 0.0412 e. The van der Waals surface area contributed by atoms with E-state index in [4.69, 9.17) is 5.73 Å². The van der Waals surface area contributed by atoms with Gasteiger partial charge in [-0.3, -0.25) is 0 Å². The Kier molecular flexibility index (Phi) is 4.28. The number of aryl methyl sites for hydroxylation is 1. The average molecular weight is 246 g/mol. The van der Waals surface area contributed by atoms with E-state index in [-0.39, 0.29) is 0 Å². The van der Waals surface area contributed by atoms with E-state index in [0.29, 0.717) is 18.0 Å². The van der Waals surface area contributed by atoms with Crippen LogP contribution in [0, 0.1) is 6.92 Å². The monoisotopic (exact) mass is 246 g/mol. The number of hydrogen-bond acceptors (Lipinski definition) is 2. The molecule has 2 unspecified atom stereocenters. The lowest BCUT2D eigenvalue weighted by Gasteiger charge is -2.32. The summed E-state index contributed by atoms with van der Waals surface area (Å²) in [6.45, 7) is 6.68. The van der Waals surface area contributed by atoms with Gasteiger partial charge in [-0.15, -0.1) is 0 Å². The Balaban J connectivity index is 2.22. The molecule has 0 heterocycles. The molecule has 0 amide bonds. The fraction of sp³-hybridized carbons (Fsp3) is 0.625. The average Bonchev–Trinajstić information content (AvgIpc) is 2.34. The van der Waals surface area contributed by atoms with E-state index >= 15 is 0 Å². The van der Waals surface area contributed by atoms with Crippen LogP contribution >= 0.6 is 0 Å². The maximum Gasteiger partial charge on any atom is 0.0412 e. The number of nitrogens with two attached hydrogens (primary N) is 1. The summed E-state index contributed by atoms with van der Waals surface area (Å²) >= 11 is 0. The molecular formula is C16H26N2. The van der Waals surface area contributed by atoms with E-state index in [9.17, 15) is 0 Å². The molecule has 2 nitrogen and oxygen atoms in total. The summed E-state index contributed by atoms with van der Waals surface area (Å²) < 4.78 is 0. The van der Waals surface area contributed by atoms with Gasteiger partial charge in [0.15, 0.2) is 0 Å². The van der Waals surface area contributed by atoms with Gasteiger partial charge in [0.2, 0.25) is 0 Å². The number of benzene rings is 1. The fourth-order valence-electron chi connectivity index (χ4n) is 2.89. The second-order valence-electron chi connectivity index (χ2n) is 5.89. The van der Waals surface area contributed by atoms with Crippen LogP contribution in [0.4, 0.5) is 5.69 Å². The maximum atomic E-state index is 6.24. The van der Waals surface area contributed by atoms with Gasteiger partial charge in [0.25, 0.3) is 0 Å². The summed E-state index contributed by atoms with van der Waals surface area (Å²) in [6.07, 6.45) is 4.94. The first-order chi connectivity index (χ1) is 8.59. The molecule has 0 aromatic heterocycles. The molecule has 3 N–H and O–H groups in total. The van der Waals surface area contributed by atoms with E-state index in [1.807, 2.05) is 0 Å². The second kappa shape index (κ2) is 5.75. The summed E-state index contributed by atoms with van der Waals surface area (Å²) in [4.78, 5) is 0. The van der Waals surface area contributed by atoms with Crippen molar-refractivity contribution in [3.8, 4) is 0 Å². The third-order valence-electron chi connectivity index (χ3n) is 4.08. The van der Waals surface area contributed by atoms with Gasteiger partial charge in [0, 0.05) is 17.8 Å². The highest BCUT2D eigenvalue weighted by Crippen LogP contribution is 2.30. The molecule has 0 saturated heterocycles. The molecule has 0 spiro atoms. The lowest BCUT2D eigenvalue weighted by atomic mass is 9.89. The molecule has 1 aliphatic rings. The van der Waals surface area contributed by atoms with Gasteiger partial charge >= 0.3 is 0 Å². The van der Waals surface area contributed by atoms with Crippen LogP contribution in [0.25, 0.3) is 0 Å². The van der Waals surface area contributed by atoms with Crippen LogP contribution in [-0.2, 0) is 0 Å². The van der Waals surface area contributed by atoms with Crippen molar-refractivity contribution < 1.29 is 0 Å². The predicted molar refractivity (Wildman–Crippen MR) is 79.1 cm³/mol. The van der Waals surface area contributed by atoms with Crippen LogP contribution in [0.2, 0.25) is 0 Å². The molecule has 0 radical (unpaired) electrons. The summed E-state index contributed by atoms with van der Waals surface area (Å²) in [5, 5.41) is 3.72. The lowest BCUT2D eigenvalue weighted by molar-refractivity contribution is 0.403. The Hall–Kier alpha value is -1.02. The Morgan fingerprint density at radius 1 is 1.22 bits per heavy atom. The zero-order valence-electron chi connectivity index (χ0n) is 11.9. The molecule has 1 fully saturated rings. The number of anilines is 1. The summed E-state index contributed by atoms with van der Waals surface area (Å²) in [7, 11) is 0. The molecular weight excluding hydrogens is 220 g/mol. The van der Waals surface area contributed by atoms with Gasteiger partial charge in [-0.05, 0) is 36.8 Å². The SMILES string of the molecule is Cc1cccc(C(C)C)c1NC1CCCCC1N. The molecule has 0 bridgehead atoms. The van der Waals surface area contributed by atoms with Gasteiger partial charge in [-0.25, -0.2) is 0 Å². The molecule has 2 rings (SSSR count). The number of nitrogens with one attached hydrogen (secondary N) is 1. The van der Waals surface area contributed by atoms with Crippen LogP contribution in [0.3, 0.4) is 0 Å². The number of hydrogen-bond donors (Lipinski definition) is 2. The van der Waals surface area contributed by atoms with E-state index in [2.05, 4.69) is 44.3 Å². The molecule has 2 heteroatoms. The minimum Gasteiger partial charge on any atom is -0.380 e. The second-order valence-corrected chi connectivity index (χ2v) is 5.89. The van der Waals surface area contributed by atoms with E-state index in [1.165, 1.54) is 36.1 Å². The first-order valence-corrected chi connectivity index (χ1v) is 7.21. The highest BCUT2D eigenvalue weighted by Gasteiger charge is 2.23. The third-order valence-corrected chi connectivity index (χ3v) is 4.08. The molecule has 100 valence electrons. The van der Waals surface area contributed by atoms with Crippen LogP contribution in [0.1, 0.15) is 56.6 Å². The largest absolute Gasteiger partial charge is 0.380 e. The fourth-order valence-corrected chi connectivity index (χ4v) is 2.89. The first kappa shape index (κ1) is 13.4. The van der Waals surface area contributed by atoms with Crippen LogP contribution in [-0.4, -0.2) is 12.1 Å². The molecule has 1 aliphatic carbocycles. The Labute approximate surface area is 111 Å². The molecule has 1 aromatic rings. The summed E-state index contributed by atoms with van der Waals surface area (Å²) in [5.74, 6) is 0.548. The van der Waals surface area contributed by atoms with Gasteiger partial charge in [0.1, 0.15) is 0 Å². The molecule has 1 aromatic carbocycles. The summed E-state index contributed by atoms with van der Waals surface area (Å²) in [5.41, 5.74) is 10.3. The van der Waals surface area contributed by atoms with E-state index in [1.54, 1.807) is 0 Å². The van der Waals surface area contributed by atoms with Gasteiger partial charge < -0.3 is 11.1 Å². The quantitative estimate of drug-likeness (QED) is 0.851. The minimum absolute atomic E-state index is 0.304. The van der Waals surface area contributed by atoms with Crippen LogP contribution < -0.4 is 11.1 Å². The van der Waals surface area contributed by atoms with Crippen molar-refractivity contribution in [2.45, 2.75) is 64.5 Å². The predicted octanol–water partition coefficient (Wildman–Crippen LogP) is 3.80. The normalized spacial score (nSPS) is 24.3. The molecule has 18 heavy (non-hydrogen) atoms. The lowest BCUT2D eigenvalue weighted by Crippen LogP contribution is -2.42. The van der Waals surface area contributed by atoms with E-state index < -0.39 is 0 Å². The zero-order valence-corrected chi connectivity index (χ0v) is 11.9. The highest BCUT2D eigenvalue weighted by molar-refractivity contribution is 5.59. The highest BCUT2D eigenvalue weighted by atomic mass is 15.0. The Bertz CT molecular complexity index is 398. The molecule has 1 saturated carbocycles. The van der Waals surface area contributed by atoms with Crippen molar-refractivity contribution in [2.24, 2.45) is 5.73 Å². The Morgan fingerprint density at radius 2 is 1.94 bits per heavy atom. The van der Waals surface area contributed by atoms with E-state index in [0.717, 1.165) is 6.42 Å². The Morgan fingerprint density at radius 3 is 2.61 bits per heavy atom. The third kappa shape index (κ3) is 2.86. The topological polar surface area (TPSA) is 38.0 Å². The van der Waals surface area contributed by atoms with Gasteiger partial charge in [-0.1, -0.05) is 44.9 Å². The van der Waals surface area contributed by atoms with Crippen LogP contribution in [0.5, 0.6) is 0 Å². The first-order valence-electron chi connectivity index (χ1n) is 7.21. The molecule has 0 aliphatic heterocycles. The van der Waals surface area contributed by atoms with Gasteiger partial charge in [-0.2, -0.15) is 0 Å². The number of para-hydroxylation sites is 1. The van der Waals surface area contributed by atoms with Crippen molar-refractivity contribution in [3.05, 3.63) is 29.3 Å². The minimum atomic E-state index is 0.304. The van der Waals surface area contributed by atoms with Crippen molar-refractivity contribution >= 4 is 5.69 Å². The maximum absolute atomic E-state index is 6.24. The van der Waals surface area contributed by atoms with Crippen molar-refractivity contribution in [3.63, 3.8) is 0 Å².